The van der Waals surface area contributed by atoms with E-state index >= 15 is 0 Å². The molecule has 0 heterocycles. The average Bonchev–Trinajstić information content (AvgIpc) is 1.68. The van der Waals surface area contributed by atoms with E-state index in [1.807, 2.05) is 14.0 Å². The molecule has 1 nitrogen and oxygen atoms in total. The Morgan fingerprint density at radius 2 is 2.25 bits per heavy atom. The van der Waals surface area contributed by atoms with Crippen LogP contribution in [-0.2, 0) is 0 Å². The zero-order valence-electron chi connectivity index (χ0n) is 5.94. The van der Waals surface area contributed by atoms with Crippen molar-refractivity contribution in [1.82, 2.24) is 5.32 Å². The molecule has 0 amide bonds. The summed E-state index contributed by atoms with van der Waals surface area (Å²) < 4.78 is 0. The maximum absolute atomic E-state index is 3.10. The second-order valence-electron chi connectivity index (χ2n) is 2.06. The molecule has 0 aliphatic heterocycles. The summed E-state index contributed by atoms with van der Waals surface area (Å²) in [5.41, 5.74) is 0. The Morgan fingerprint density at radius 1 is 1.62 bits per heavy atom. The molecule has 0 aliphatic rings. The summed E-state index contributed by atoms with van der Waals surface area (Å²) in [6.07, 6.45) is 4.28. The van der Waals surface area contributed by atoms with Gasteiger partial charge in [0.15, 0.2) is 0 Å². The lowest BCUT2D eigenvalue weighted by atomic mass is 10.2. The van der Waals surface area contributed by atoms with Gasteiger partial charge in [-0.05, 0) is 19.9 Å². The predicted octanol–water partition coefficient (Wildman–Crippen LogP) is 1.42. The van der Waals surface area contributed by atoms with Crippen LogP contribution < -0.4 is 5.32 Å². The van der Waals surface area contributed by atoms with E-state index in [-0.39, 0.29) is 0 Å². The molecule has 48 valence electrons. The van der Waals surface area contributed by atoms with E-state index in [4.69, 9.17) is 0 Å². The lowest BCUT2D eigenvalue weighted by Gasteiger charge is -2.01. The summed E-state index contributed by atoms with van der Waals surface area (Å²) >= 11 is 0. The fraction of sp³-hybridized carbons (Fsp3) is 0.714. The van der Waals surface area contributed by atoms with Crippen molar-refractivity contribution in [2.24, 2.45) is 5.92 Å². The number of hydrogen-bond acceptors (Lipinski definition) is 1. The van der Waals surface area contributed by atoms with Gasteiger partial charge in [0.05, 0.1) is 0 Å². The van der Waals surface area contributed by atoms with Gasteiger partial charge < -0.3 is 5.32 Å². The van der Waals surface area contributed by atoms with Gasteiger partial charge in [-0.1, -0.05) is 19.1 Å². The van der Waals surface area contributed by atoms with E-state index in [1.165, 1.54) is 0 Å². The Labute approximate surface area is 51.8 Å². The van der Waals surface area contributed by atoms with Gasteiger partial charge in [-0.15, -0.1) is 0 Å². The van der Waals surface area contributed by atoms with Crippen molar-refractivity contribution < 1.29 is 0 Å². The molecule has 1 unspecified atom stereocenters. The molecular weight excluding hydrogens is 98.1 g/mol. The van der Waals surface area contributed by atoms with Crippen LogP contribution in [0.25, 0.3) is 0 Å². The average molecular weight is 113 g/mol. The van der Waals surface area contributed by atoms with Crippen LogP contribution in [0, 0.1) is 5.92 Å². The van der Waals surface area contributed by atoms with Crippen LogP contribution in [-0.4, -0.2) is 13.6 Å². The second-order valence-corrected chi connectivity index (χ2v) is 2.06. The van der Waals surface area contributed by atoms with Crippen molar-refractivity contribution in [3.8, 4) is 0 Å². The third-order valence-electron chi connectivity index (χ3n) is 1.05. The van der Waals surface area contributed by atoms with Gasteiger partial charge in [0.1, 0.15) is 0 Å². The Kier molecular flexibility index (Phi) is 4.67. The molecule has 0 saturated heterocycles. The molecule has 0 radical (unpaired) electrons. The number of nitrogens with one attached hydrogen (secondary N) is 1. The maximum Gasteiger partial charge on any atom is 0.000850 e. The predicted molar refractivity (Wildman–Crippen MR) is 37.9 cm³/mol. The summed E-state index contributed by atoms with van der Waals surface area (Å²) in [6.45, 7) is 5.31. The Balaban J connectivity index is 3.17. The van der Waals surface area contributed by atoms with E-state index in [0.29, 0.717) is 5.92 Å². The molecule has 0 fully saturated rings. The van der Waals surface area contributed by atoms with Crippen LogP contribution in [0.1, 0.15) is 13.8 Å². The van der Waals surface area contributed by atoms with Crippen molar-refractivity contribution in [2.45, 2.75) is 13.8 Å². The summed E-state index contributed by atoms with van der Waals surface area (Å²) in [5.74, 6) is 0.671. The Bertz CT molecular complexity index is 66.8. The fourth-order valence-electron chi connectivity index (χ4n) is 0.719. The van der Waals surface area contributed by atoms with Crippen molar-refractivity contribution in [2.75, 3.05) is 13.6 Å². The van der Waals surface area contributed by atoms with Gasteiger partial charge in [-0.3, -0.25) is 0 Å². The molecule has 0 spiro atoms. The monoisotopic (exact) mass is 113 g/mol. The molecule has 0 aromatic heterocycles. The topological polar surface area (TPSA) is 12.0 Å². The highest BCUT2D eigenvalue weighted by Gasteiger charge is 1.89. The normalized spacial score (nSPS) is 14.9. The third-order valence-corrected chi connectivity index (χ3v) is 1.05. The van der Waals surface area contributed by atoms with E-state index < -0.39 is 0 Å². The molecular formula is C7H15N. The Hall–Kier alpha value is -0.300. The largest absolute Gasteiger partial charge is 0.319 e. The first-order valence-corrected chi connectivity index (χ1v) is 3.08. The fourth-order valence-corrected chi connectivity index (χ4v) is 0.719. The summed E-state index contributed by atoms with van der Waals surface area (Å²) in [7, 11) is 1.97. The standard InChI is InChI=1S/C7H15N/c1-4-5-7(2)6-8-3/h4-5,7-8H,6H2,1-3H3/b5-4-. The molecule has 8 heavy (non-hydrogen) atoms. The highest BCUT2D eigenvalue weighted by Crippen LogP contribution is 1.92. The van der Waals surface area contributed by atoms with Gasteiger partial charge >= 0.3 is 0 Å². The molecule has 0 aromatic carbocycles. The van der Waals surface area contributed by atoms with Crippen molar-refractivity contribution in [3.63, 3.8) is 0 Å². The van der Waals surface area contributed by atoms with Crippen LogP contribution in [0.2, 0.25) is 0 Å². The molecule has 1 heteroatoms. The lowest BCUT2D eigenvalue weighted by molar-refractivity contribution is 0.649. The first-order chi connectivity index (χ1) is 3.81. The molecule has 1 N–H and O–H groups in total. The van der Waals surface area contributed by atoms with E-state index in [0.717, 1.165) is 6.54 Å². The molecule has 0 aliphatic carbocycles. The molecule has 0 bridgehead atoms. The van der Waals surface area contributed by atoms with E-state index in [1.54, 1.807) is 0 Å². The van der Waals surface area contributed by atoms with Crippen molar-refractivity contribution >= 4 is 0 Å². The summed E-state index contributed by atoms with van der Waals surface area (Å²) in [5, 5.41) is 3.10. The van der Waals surface area contributed by atoms with E-state index in [2.05, 4.69) is 24.4 Å². The van der Waals surface area contributed by atoms with E-state index in [9.17, 15) is 0 Å². The molecule has 1 atom stereocenters. The van der Waals surface area contributed by atoms with Gasteiger partial charge in [0, 0.05) is 6.54 Å². The zero-order chi connectivity index (χ0) is 6.41. The maximum atomic E-state index is 3.10. The lowest BCUT2D eigenvalue weighted by Crippen LogP contribution is -2.13. The van der Waals surface area contributed by atoms with Crippen LogP contribution in [0.4, 0.5) is 0 Å². The number of rotatable bonds is 3. The molecule has 0 aromatic rings. The zero-order valence-corrected chi connectivity index (χ0v) is 5.94. The minimum Gasteiger partial charge on any atom is -0.319 e. The quantitative estimate of drug-likeness (QED) is 0.546. The van der Waals surface area contributed by atoms with Gasteiger partial charge in [-0.25, -0.2) is 0 Å². The third kappa shape index (κ3) is 3.88. The minimum atomic E-state index is 0.671. The highest BCUT2D eigenvalue weighted by molar-refractivity contribution is 4.83. The van der Waals surface area contributed by atoms with Crippen LogP contribution in [0.5, 0.6) is 0 Å². The van der Waals surface area contributed by atoms with Crippen LogP contribution in [0.15, 0.2) is 12.2 Å². The van der Waals surface area contributed by atoms with Crippen LogP contribution in [0.3, 0.4) is 0 Å². The molecule has 0 rings (SSSR count). The number of allylic oxidation sites excluding steroid dienone is 1. The SMILES string of the molecule is C/C=C\C(C)CNC. The Morgan fingerprint density at radius 3 is 2.62 bits per heavy atom. The van der Waals surface area contributed by atoms with Crippen LogP contribution >= 0.6 is 0 Å². The first-order valence-electron chi connectivity index (χ1n) is 3.08. The smallest absolute Gasteiger partial charge is 0.000850 e. The van der Waals surface area contributed by atoms with Crippen molar-refractivity contribution in [3.05, 3.63) is 12.2 Å². The molecule has 0 saturated carbocycles. The summed E-state index contributed by atoms with van der Waals surface area (Å²) in [6, 6.07) is 0. The minimum absolute atomic E-state index is 0.671. The van der Waals surface area contributed by atoms with Crippen molar-refractivity contribution in [1.29, 1.82) is 0 Å². The van der Waals surface area contributed by atoms with Gasteiger partial charge in [0.25, 0.3) is 0 Å². The summed E-state index contributed by atoms with van der Waals surface area (Å²) in [4.78, 5) is 0. The van der Waals surface area contributed by atoms with Gasteiger partial charge in [0.2, 0.25) is 0 Å². The second kappa shape index (κ2) is 4.85. The number of hydrogen-bond donors (Lipinski definition) is 1. The highest BCUT2D eigenvalue weighted by atomic mass is 14.8. The first kappa shape index (κ1) is 7.70. The van der Waals surface area contributed by atoms with Gasteiger partial charge in [-0.2, -0.15) is 0 Å².